The second kappa shape index (κ2) is 7.58. The number of nitrogens with zero attached hydrogens (tertiary/aromatic N) is 4. The molecule has 1 unspecified atom stereocenters. The number of aromatic amines is 1. The predicted octanol–water partition coefficient (Wildman–Crippen LogP) is 1.92. The highest BCUT2D eigenvalue weighted by Gasteiger charge is 2.25. The van der Waals surface area contributed by atoms with E-state index in [1.54, 1.807) is 0 Å². The van der Waals surface area contributed by atoms with E-state index in [2.05, 4.69) is 48.7 Å². The van der Waals surface area contributed by atoms with E-state index >= 15 is 0 Å². The first-order valence-electron chi connectivity index (χ1n) is 9.53. The van der Waals surface area contributed by atoms with Gasteiger partial charge in [0, 0.05) is 30.4 Å². The molecule has 4 rings (SSSR count). The Balaban J connectivity index is 1.23. The highest BCUT2D eigenvalue weighted by atomic mass is 15.4. The zero-order valence-corrected chi connectivity index (χ0v) is 15.0. The van der Waals surface area contributed by atoms with Crippen molar-refractivity contribution in [3.8, 4) is 0 Å². The van der Waals surface area contributed by atoms with Gasteiger partial charge in [0.25, 0.3) is 0 Å². The standard InChI is InChI=1S/C18H29N7/c1-24(9-4-12-25-10-2-3-11-25)18-19-8-7-16(21-18)20-17-13-15(22-23-17)14-5-6-14/h7-8,13-14,18,21H,2-6,9-12H2,1H3,(H2,20,22,23). The van der Waals surface area contributed by atoms with E-state index in [4.69, 9.17) is 0 Å². The van der Waals surface area contributed by atoms with Crippen molar-refractivity contribution in [3.63, 3.8) is 0 Å². The average molecular weight is 343 g/mol. The van der Waals surface area contributed by atoms with Crippen molar-refractivity contribution in [2.45, 2.75) is 44.3 Å². The third-order valence-corrected chi connectivity index (χ3v) is 5.23. The normalized spacial score (nSPS) is 23.8. The Bertz CT molecular complexity index is 625. The third kappa shape index (κ3) is 4.41. The minimum atomic E-state index is -0.0204. The fourth-order valence-electron chi connectivity index (χ4n) is 3.54. The van der Waals surface area contributed by atoms with Crippen LogP contribution in [0, 0.1) is 0 Å². The summed E-state index contributed by atoms with van der Waals surface area (Å²) in [6.45, 7) is 4.77. The lowest BCUT2D eigenvalue weighted by atomic mass is 10.3. The Morgan fingerprint density at radius 2 is 2.16 bits per heavy atom. The van der Waals surface area contributed by atoms with Gasteiger partial charge in [-0.15, -0.1) is 0 Å². The van der Waals surface area contributed by atoms with Crippen molar-refractivity contribution < 1.29 is 0 Å². The van der Waals surface area contributed by atoms with E-state index in [0.29, 0.717) is 5.92 Å². The molecular formula is C18H29N7. The first-order valence-corrected chi connectivity index (χ1v) is 9.53. The van der Waals surface area contributed by atoms with Gasteiger partial charge in [-0.1, -0.05) is 0 Å². The third-order valence-electron chi connectivity index (χ3n) is 5.23. The van der Waals surface area contributed by atoms with Gasteiger partial charge in [0.15, 0.2) is 12.1 Å². The summed E-state index contributed by atoms with van der Waals surface area (Å²) >= 11 is 0. The van der Waals surface area contributed by atoms with Crippen LogP contribution >= 0.6 is 0 Å². The van der Waals surface area contributed by atoms with Gasteiger partial charge in [-0.05, 0) is 64.9 Å². The van der Waals surface area contributed by atoms with E-state index in [-0.39, 0.29) is 6.29 Å². The van der Waals surface area contributed by atoms with Crippen molar-refractivity contribution in [2.24, 2.45) is 4.99 Å². The number of aliphatic imine (C=N–C) groups is 1. The van der Waals surface area contributed by atoms with Crippen LogP contribution in [0.1, 0.15) is 43.7 Å². The molecule has 1 saturated heterocycles. The largest absolute Gasteiger partial charge is 0.338 e. The zero-order chi connectivity index (χ0) is 17.1. The number of nitrogens with one attached hydrogen (secondary N) is 3. The van der Waals surface area contributed by atoms with Gasteiger partial charge in [-0.2, -0.15) is 5.10 Å². The number of anilines is 1. The van der Waals surface area contributed by atoms with Gasteiger partial charge in [0.1, 0.15) is 5.82 Å². The first-order chi connectivity index (χ1) is 12.3. The summed E-state index contributed by atoms with van der Waals surface area (Å²) in [6.07, 6.45) is 10.3. The Hall–Kier alpha value is -1.86. The summed E-state index contributed by atoms with van der Waals surface area (Å²) in [6, 6.07) is 2.11. The van der Waals surface area contributed by atoms with Gasteiger partial charge >= 0.3 is 0 Å². The van der Waals surface area contributed by atoms with Gasteiger partial charge in [-0.3, -0.25) is 15.0 Å². The minimum Gasteiger partial charge on any atom is -0.338 e. The molecule has 1 saturated carbocycles. The molecule has 1 aromatic rings. The Labute approximate surface area is 149 Å². The van der Waals surface area contributed by atoms with Gasteiger partial charge in [0.05, 0.1) is 0 Å². The quantitative estimate of drug-likeness (QED) is 0.673. The lowest BCUT2D eigenvalue weighted by molar-refractivity contribution is 0.207. The van der Waals surface area contributed by atoms with E-state index in [1.165, 1.54) is 57.4 Å². The van der Waals surface area contributed by atoms with Crippen LogP contribution < -0.4 is 10.6 Å². The molecule has 0 aromatic carbocycles. The highest BCUT2D eigenvalue weighted by Crippen LogP contribution is 2.39. The summed E-state index contributed by atoms with van der Waals surface area (Å²) in [5.74, 6) is 2.50. The molecule has 2 fully saturated rings. The summed E-state index contributed by atoms with van der Waals surface area (Å²) in [5, 5.41) is 14.3. The molecule has 0 spiro atoms. The van der Waals surface area contributed by atoms with Crippen LogP contribution in [0.15, 0.2) is 23.0 Å². The number of hydrogen-bond donors (Lipinski definition) is 3. The molecule has 3 heterocycles. The number of H-pyrrole nitrogens is 1. The lowest BCUT2D eigenvalue weighted by Crippen LogP contribution is -2.45. The Morgan fingerprint density at radius 3 is 2.96 bits per heavy atom. The van der Waals surface area contributed by atoms with Crippen LogP contribution in [-0.2, 0) is 0 Å². The number of rotatable bonds is 8. The smallest absolute Gasteiger partial charge is 0.177 e. The average Bonchev–Trinajstić information content (AvgIpc) is 3.14. The maximum absolute atomic E-state index is 4.55. The molecule has 3 aliphatic rings. The van der Waals surface area contributed by atoms with Crippen LogP contribution in [0.3, 0.4) is 0 Å². The van der Waals surface area contributed by atoms with Gasteiger partial charge in [-0.25, -0.2) is 0 Å². The molecule has 7 heteroatoms. The topological polar surface area (TPSA) is 71.6 Å². The lowest BCUT2D eigenvalue weighted by Gasteiger charge is -2.29. The van der Waals surface area contributed by atoms with Crippen LogP contribution in [-0.4, -0.2) is 65.7 Å². The predicted molar refractivity (Wildman–Crippen MR) is 101 cm³/mol. The zero-order valence-electron chi connectivity index (χ0n) is 15.0. The van der Waals surface area contributed by atoms with Gasteiger partial charge < -0.3 is 15.5 Å². The fourth-order valence-corrected chi connectivity index (χ4v) is 3.54. The number of aromatic nitrogens is 2. The van der Waals surface area contributed by atoms with Crippen molar-refractivity contribution in [1.29, 1.82) is 0 Å². The van der Waals surface area contributed by atoms with Crippen molar-refractivity contribution in [3.05, 3.63) is 23.7 Å². The molecular weight excluding hydrogens is 314 g/mol. The molecule has 1 aliphatic carbocycles. The summed E-state index contributed by atoms with van der Waals surface area (Å²) in [5.41, 5.74) is 1.24. The number of hydrogen-bond acceptors (Lipinski definition) is 6. The van der Waals surface area contributed by atoms with Crippen molar-refractivity contribution in [1.82, 2.24) is 25.3 Å². The van der Waals surface area contributed by atoms with Gasteiger partial charge in [0.2, 0.25) is 0 Å². The molecule has 0 radical (unpaired) electrons. The van der Waals surface area contributed by atoms with Crippen LogP contribution in [0.2, 0.25) is 0 Å². The molecule has 0 bridgehead atoms. The number of likely N-dealkylation sites (tertiary alicyclic amines) is 1. The molecule has 3 N–H and O–H groups in total. The molecule has 2 aliphatic heterocycles. The maximum Gasteiger partial charge on any atom is 0.177 e. The molecule has 136 valence electrons. The first kappa shape index (κ1) is 16.6. The van der Waals surface area contributed by atoms with E-state index in [0.717, 1.165) is 18.2 Å². The summed E-state index contributed by atoms with van der Waals surface area (Å²) in [4.78, 5) is 9.37. The Kier molecular flexibility index (Phi) is 5.03. The van der Waals surface area contributed by atoms with Crippen molar-refractivity contribution in [2.75, 3.05) is 38.5 Å². The molecule has 0 amide bonds. The van der Waals surface area contributed by atoms with Crippen LogP contribution in [0.4, 0.5) is 5.82 Å². The second-order valence-electron chi connectivity index (χ2n) is 7.39. The molecule has 1 atom stereocenters. The van der Waals surface area contributed by atoms with Crippen molar-refractivity contribution >= 4 is 12.0 Å². The van der Waals surface area contributed by atoms with E-state index in [1.807, 2.05) is 12.3 Å². The van der Waals surface area contributed by atoms with Crippen LogP contribution in [0.5, 0.6) is 0 Å². The molecule has 7 nitrogen and oxygen atoms in total. The Morgan fingerprint density at radius 1 is 1.32 bits per heavy atom. The molecule has 1 aromatic heterocycles. The van der Waals surface area contributed by atoms with E-state index in [9.17, 15) is 0 Å². The SMILES string of the molecule is CN(CCCN1CCCC1)C1N=CC=C(Nc2cc(C3CC3)[nH]n2)N1. The summed E-state index contributed by atoms with van der Waals surface area (Å²) < 4.78 is 0. The summed E-state index contributed by atoms with van der Waals surface area (Å²) in [7, 11) is 2.13. The monoisotopic (exact) mass is 343 g/mol. The molecule has 25 heavy (non-hydrogen) atoms. The highest BCUT2D eigenvalue weighted by molar-refractivity contribution is 5.74. The fraction of sp³-hybridized carbons (Fsp3) is 0.667. The minimum absolute atomic E-state index is 0.0204. The van der Waals surface area contributed by atoms with E-state index < -0.39 is 0 Å². The number of allylic oxidation sites excluding steroid dienone is 1. The van der Waals surface area contributed by atoms with Crippen LogP contribution in [0.25, 0.3) is 0 Å². The second-order valence-corrected chi connectivity index (χ2v) is 7.39. The maximum atomic E-state index is 4.55.